The van der Waals surface area contributed by atoms with Crippen LogP contribution in [0.4, 0.5) is 5.69 Å². The monoisotopic (exact) mass is 425 g/mol. The highest BCUT2D eigenvalue weighted by molar-refractivity contribution is 5.91. The molecule has 2 heterocycles. The van der Waals surface area contributed by atoms with E-state index in [4.69, 9.17) is 4.74 Å². The molecular weight excluding hydrogens is 396 g/mol. The SMILES string of the molecule is CC[NH+](CC(=O)Nc1ccc(OC)cc1)C/C(O)=C(\C#N)c1nnc2n1CCCCC2. The van der Waals surface area contributed by atoms with E-state index in [1.54, 1.807) is 31.4 Å². The highest BCUT2D eigenvalue weighted by Gasteiger charge is 2.23. The van der Waals surface area contributed by atoms with Crippen molar-refractivity contribution in [2.75, 3.05) is 32.1 Å². The van der Waals surface area contributed by atoms with Gasteiger partial charge in [0.25, 0.3) is 5.91 Å². The first-order valence-corrected chi connectivity index (χ1v) is 10.6. The Kier molecular flexibility index (Phi) is 7.62. The summed E-state index contributed by atoms with van der Waals surface area (Å²) in [6, 6.07) is 9.17. The van der Waals surface area contributed by atoms with Crippen LogP contribution in [0.1, 0.15) is 37.8 Å². The van der Waals surface area contributed by atoms with E-state index in [0.717, 1.165) is 43.0 Å². The number of aryl methyl sites for hydroxylation is 1. The number of nitrogens with zero attached hydrogens (tertiary/aromatic N) is 4. The highest BCUT2D eigenvalue weighted by Crippen LogP contribution is 2.20. The number of nitrogens with one attached hydrogen (secondary N) is 2. The van der Waals surface area contributed by atoms with Crippen LogP contribution < -0.4 is 15.0 Å². The van der Waals surface area contributed by atoms with E-state index in [-0.39, 0.29) is 30.3 Å². The predicted molar refractivity (Wildman–Crippen MR) is 116 cm³/mol. The molecule has 1 aliphatic heterocycles. The molecule has 9 heteroatoms. The van der Waals surface area contributed by atoms with Crippen LogP contribution >= 0.6 is 0 Å². The first-order chi connectivity index (χ1) is 15.0. The molecule has 1 aromatic carbocycles. The van der Waals surface area contributed by atoms with Gasteiger partial charge in [-0.1, -0.05) is 6.42 Å². The van der Waals surface area contributed by atoms with Crippen LogP contribution in [0.15, 0.2) is 30.0 Å². The van der Waals surface area contributed by atoms with E-state index in [2.05, 4.69) is 21.6 Å². The lowest BCUT2D eigenvalue weighted by atomic mass is 10.2. The number of benzene rings is 1. The summed E-state index contributed by atoms with van der Waals surface area (Å²) in [5.41, 5.74) is 0.798. The van der Waals surface area contributed by atoms with Crippen molar-refractivity contribution in [3.05, 3.63) is 41.7 Å². The van der Waals surface area contributed by atoms with Gasteiger partial charge in [-0.05, 0) is 44.0 Å². The lowest BCUT2D eigenvalue weighted by Crippen LogP contribution is -3.13. The number of carbonyl (C=O) groups is 1. The Balaban J connectivity index is 1.69. The molecule has 1 aromatic heterocycles. The number of likely N-dealkylation sites (N-methyl/N-ethyl adjacent to an activating group) is 1. The molecule has 0 saturated heterocycles. The van der Waals surface area contributed by atoms with E-state index >= 15 is 0 Å². The second-order valence-electron chi connectivity index (χ2n) is 7.57. The number of nitriles is 1. The Labute approximate surface area is 182 Å². The van der Waals surface area contributed by atoms with Crippen LogP contribution in [0.3, 0.4) is 0 Å². The van der Waals surface area contributed by atoms with E-state index < -0.39 is 0 Å². The lowest BCUT2D eigenvalue weighted by Gasteiger charge is -2.17. The smallest absolute Gasteiger partial charge is 0.279 e. The van der Waals surface area contributed by atoms with Gasteiger partial charge in [0, 0.05) is 18.7 Å². The number of aromatic nitrogens is 3. The van der Waals surface area contributed by atoms with E-state index in [0.29, 0.717) is 23.8 Å². The quantitative estimate of drug-likeness (QED) is 0.434. The van der Waals surface area contributed by atoms with E-state index in [1.807, 2.05) is 11.5 Å². The fourth-order valence-corrected chi connectivity index (χ4v) is 3.66. The zero-order valence-corrected chi connectivity index (χ0v) is 18.0. The number of rotatable bonds is 8. The minimum atomic E-state index is -0.176. The van der Waals surface area contributed by atoms with Crippen molar-refractivity contribution < 1.29 is 19.5 Å². The van der Waals surface area contributed by atoms with Gasteiger partial charge in [-0.25, -0.2) is 0 Å². The number of anilines is 1. The number of fused-ring (bicyclic) bond motifs is 1. The van der Waals surface area contributed by atoms with Gasteiger partial charge < -0.3 is 24.6 Å². The van der Waals surface area contributed by atoms with Crippen molar-refractivity contribution in [1.29, 1.82) is 5.26 Å². The van der Waals surface area contributed by atoms with Crippen molar-refractivity contribution >= 4 is 17.2 Å². The molecule has 0 aliphatic carbocycles. The molecule has 3 rings (SSSR count). The van der Waals surface area contributed by atoms with Gasteiger partial charge in [0.1, 0.15) is 29.8 Å². The van der Waals surface area contributed by atoms with Crippen LogP contribution in [0.5, 0.6) is 5.75 Å². The Hall–Kier alpha value is -3.38. The summed E-state index contributed by atoms with van der Waals surface area (Å²) in [4.78, 5) is 13.3. The van der Waals surface area contributed by atoms with Crippen LogP contribution in [-0.2, 0) is 17.8 Å². The van der Waals surface area contributed by atoms with Gasteiger partial charge in [0.2, 0.25) is 0 Å². The summed E-state index contributed by atoms with van der Waals surface area (Å²) in [6.45, 7) is 3.58. The van der Waals surface area contributed by atoms with Gasteiger partial charge in [-0.3, -0.25) is 4.79 Å². The second kappa shape index (κ2) is 10.6. The molecule has 2 aromatic rings. The first kappa shape index (κ1) is 22.3. The topological polar surface area (TPSA) is 118 Å². The molecule has 164 valence electrons. The number of aliphatic hydroxyl groups excluding tert-OH is 1. The summed E-state index contributed by atoms with van der Waals surface area (Å²) in [7, 11) is 1.59. The van der Waals surface area contributed by atoms with Crippen LogP contribution in [0, 0.1) is 11.3 Å². The van der Waals surface area contributed by atoms with Gasteiger partial charge in [-0.15, -0.1) is 10.2 Å². The van der Waals surface area contributed by atoms with Gasteiger partial charge in [0.15, 0.2) is 18.1 Å². The maximum absolute atomic E-state index is 12.5. The highest BCUT2D eigenvalue weighted by atomic mass is 16.5. The van der Waals surface area contributed by atoms with Crippen molar-refractivity contribution in [2.24, 2.45) is 0 Å². The fourth-order valence-electron chi connectivity index (χ4n) is 3.66. The average molecular weight is 426 g/mol. The standard InChI is InChI=1S/C22H28N6O3/c1-3-27(15-21(30)24-16-8-10-17(31-2)11-9-16)14-19(29)18(13-23)22-26-25-20-7-5-4-6-12-28(20)22/h8-11,29H,3-7,12,14-15H2,1-2H3,(H,24,30)/p+1/b19-18-. The van der Waals surface area contributed by atoms with Crippen molar-refractivity contribution in [2.45, 2.75) is 39.2 Å². The van der Waals surface area contributed by atoms with Crippen molar-refractivity contribution in [3.8, 4) is 11.8 Å². The molecule has 3 N–H and O–H groups in total. The largest absolute Gasteiger partial charge is 0.506 e. The number of amides is 1. The zero-order valence-electron chi connectivity index (χ0n) is 18.0. The number of carbonyl (C=O) groups excluding carboxylic acids is 1. The number of aliphatic hydroxyl groups is 1. The Morgan fingerprint density at radius 1 is 1.26 bits per heavy atom. The summed E-state index contributed by atoms with van der Waals surface area (Å²) in [5, 5.41) is 31.6. The third kappa shape index (κ3) is 5.61. The molecule has 1 aliphatic rings. The maximum atomic E-state index is 12.5. The Bertz CT molecular complexity index is 974. The van der Waals surface area contributed by atoms with Gasteiger partial charge in [-0.2, -0.15) is 5.26 Å². The van der Waals surface area contributed by atoms with E-state index in [9.17, 15) is 15.2 Å². The number of hydrogen-bond acceptors (Lipinski definition) is 6. The Morgan fingerprint density at radius 2 is 2.03 bits per heavy atom. The third-order valence-electron chi connectivity index (χ3n) is 5.44. The minimum absolute atomic E-state index is 0.0731. The zero-order chi connectivity index (χ0) is 22.2. The predicted octanol–water partition coefficient (Wildman–Crippen LogP) is 1.35. The van der Waals surface area contributed by atoms with Crippen LogP contribution in [0.2, 0.25) is 0 Å². The molecule has 1 amide bonds. The Morgan fingerprint density at radius 3 is 2.71 bits per heavy atom. The van der Waals surface area contributed by atoms with Crippen LogP contribution in [0.25, 0.3) is 5.57 Å². The summed E-state index contributed by atoms with van der Waals surface area (Å²) < 4.78 is 7.05. The number of quaternary nitrogens is 1. The van der Waals surface area contributed by atoms with Crippen molar-refractivity contribution in [1.82, 2.24) is 14.8 Å². The summed E-state index contributed by atoms with van der Waals surface area (Å²) in [6.07, 6.45) is 3.98. The average Bonchev–Trinajstić information content (AvgIpc) is 3.01. The molecule has 0 spiro atoms. The van der Waals surface area contributed by atoms with Crippen molar-refractivity contribution in [3.63, 3.8) is 0 Å². The molecule has 1 unspecified atom stereocenters. The van der Waals surface area contributed by atoms with Gasteiger partial charge >= 0.3 is 0 Å². The first-order valence-electron chi connectivity index (χ1n) is 10.6. The number of hydrogen-bond donors (Lipinski definition) is 3. The number of ether oxygens (including phenoxy) is 1. The molecule has 0 bridgehead atoms. The molecule has 31 heavy (non-hydrogen) atoms. The molecule has 0 radical (unpaired) electrons. The third-order valence-corrected chi connectivity index (χ3v) is 5.44. The molecule has 9 nitrogen and oxygen atoms in total. The fraction of sp³-hybridized carbons (Fsp3) is 0.455. The lowest BCUT2D eigenvalue weighted by molar-refractivity contribution is -0.886. The van der Waals surface area contributed by atoms with Gasteiger partial charge in [0.05, 0.1) is 13.7 Å². The van der Waals surface area contributed by atoms with E-state index in [1.165, 1.54) is 0 Å². The summed E-state index contributed by atoms with van der Waals surface area (Å²) >= 11 is 0. The normalized spacial score (nSPS) is 15.1. The molecule has 0 saturated carbocycles. The molecular formula is C22H29N6O3+. The maximum Gasteiger partial charge on any atom is 0.279 e. The van der Waals surface area contributed by atoms with Crippen LogP contribution in [-0.4, -0.2) is 52.5 Å². The molecule has 1 atom stereocenters. The molecule has 0 fully saturated rings. The number of methoxy groups -OCH3 is 1. The second-order valence-corrected chi connectivity index (χ2v) is 7.57. The number of allylic oxidation sites excluding steroid dienone is 1. The minimum Gasteiger partial charge on any atom is -0.506 e. The summed E-state index contributed by atoms with van der Waals surface area (Å²) in [5.74, 6) is 1.73.